The van der Waals surface area contributed by atoms with Crippen molar-refractivity contribution in [2.24, 2.45) is 0 Å². The number of nitrogens with zero attached hydrogens (tertiary/aromatic N) is 5. The van der Waals surface area contributed by atoms with Crippen molar-refractivity contribution in [3.63, 3.8) is 0 Å². The Bertz CT molecular complexity index is 1570. The monoisotopic (exact) mass is 432 g/mol. The lowest BCUT2D eigenvalue weighted by atomic mass is 10.0. The van der Waals surface area contributed by atoms with Gasteiger partial charge in [-0.05, 0) is 53.1 Å². The lowest BCUT2D eigenvalue weighted by Gasteiger charge is -2.04. The van der Waals surface area contributed by atoms with Crippen LogP contribution in [0, 0.1) is 5.95 Å². The molecule has 6 nitrogen and oxygen atoms in total. The van der Waals surface area contributed by atoms with Gasteiger partial charge in [0, 0.05) is 17.1 Å². The van der Waals surface area contributed by atoms with Gasteiger partial charge in [-0.25, -0.2) is 9.67 Å². The van der Waals surface area contributed by atoms with Gasteiger partial charge in [-0.15, -0.1) is 5.10 Å². The number of hydrogen-bond acceptors (Lipinski definition) is 4. The van der Waals surface area contributed by atoms with E-state index in [0.29, 0.717) is 17.0 Å². The van der Waals surface area contributed by atoms with Gasteiger partial charge < -0.3 is 0 Å². The molecular formula is C26H17FN6. The molecule has 158 valence electrons. The molecule has 6 rings (SSSR count). The first-order valence-corrected chi connectivity index (χ1v) is 10.4. The van der Waals surface area contributed by atoms with E-state index in [-0.39, 0.29) is 0 Å². The fraction of sp³-hybridized carbons (Fsp3) is 0. The van der Waals surface area contributed by atoms with Crippen molar-refractivity contribution in [2.45, 2.75) is 0 Å². The first-order chi connectivity index (χ1) is 16.3. The summed E-state index contributed by atoms with van der Waals surface area (Å²) < 4.78 is 15.9. The summed E-state index contributed by atoms with van der Waals surface area (Å²) in [4.78, 5) is 3.75. The van der Waals surface area contributed by atoms with Gasteiger partial charge in [-0.3, -0.25) is 5.10 Å². The summed E-state index contributed by atoms with van der Waals surface area (Å²) in [5, 5.41) is 16.9. The summed E-state index contributed by atoms with van der Waals surface area (Å²) in [7, 11) is 0. The highest BCUT2D eigenvalue weighted by atomic mass is 19.1. The summed E-state index contributed by atoms with van der Waals surface area (Å²) in [5.41, 5.74) is 6.46. The molecule has 0 saturated carbocycles. The van der Waals surface area contributed by atoms with E-state index in [1.54, 1.807) is 16.8 Å². The molecule has 0 atom stereocenters. The highest BCUT2D eigenvalue weighted by Gasteiger charge is 2.15. The predicted octanol–water partition coefficient (Wildman–Crippen LogP) is 5.68. The lowest BCUT2D eigenvalue weighted by Crippen LogP contribution is -1.94. The van der Waals surface area contributed by atoms with Gasteiger partial charge in [0.2, 0.25) is 5.95 Å². The summed E-state index contributed by atoms with van der Waals surface area (Å²) in [6.45, 7) is 0. The second-order valence-electron chi connectivity index (χ2n) is 7.64. The molecule has 0 aliphatic rings. The molecule has 0 fully saturated rings. The predicted molar refractivity (Wildman–Crippen MR) is 125 cm³/mol. The molecule has 7 heteroatoms. The number of H-pyrrole nitrogens is 1. The number of aromatic nitrogens is 6. The van der Waals surface area contributed by atoms with E-state index in [1.165, 1.54) is 6.20 Å². The second kappa shape index (κ2) is 7.80. The minimum atomic E-state index is -0.508. The quantitative estimate of drug-likeness (QED) is 0.364. The molecule has 33 heavy (non-hydrogen) atoms. The Kier molecular flexibility index (Phi) is 4.51. The smallest absolute Gasteiger partial charge is 0.220 e. The maximum Gasteiger partial charge on any atom is 0.220 e. The van der Waals surface area contributed by atoms with Crippen molar-refractivity contribution in [2.75, 3.05) is 0 Å². The van der Waals surface area contributed by atoms with Crippen molar-refractivity contribution < 1.29 is 4.39 Å². The van der Waals surface area contributed by atoms with Crippen LogP contribution in [-0.2, 0) is 0 Å². The van der Waals surface area contributed by atoms with Gasteiger partial charge in [0.15, 0.2) is 0 Å². The Balaban J connectivity index is 1.35. The third-order valence-electron chi connectivity index (χ3n) is 5.61. The average Bonchev–Trinajstić information content (AvgIpc) is 3.52. The highest BCUT2D eigenvalue weighted by Crippen LogP contribution is 2.30. The zero-order chi connectivity index (χ0) is 22.2. The van der Waals surface area contributed by atoms with Crippen molar-refractivity contribution in [3.8, 4) is 39.3 Å². The summed E-state index contributed by atoms with van der Waals surface area (Å²) in [6, 6.07) is 27.4. The number of benzene rings is 3. The minimum Gasteiger partial charge on any atom is -0.277 e. The number of halogens is 1. The number of aromatic amines is 1. The van der Waals surface area contributed by atoms with Gasteiger partial charge in [0.25, 0.3) is 0 Å². The van der Waals surface area contributed by atoms with Crippen LogP contribution in [0.2, 0.25) is 0 Å². The second-order valence-corrected chi connectivity index (χ2v) is 7.64. The van der Waals surface area contributed by atoms with Crippen molar-refractivity contribution in [3.05, 3.63) is 103 Å². The Hall–Kier alpha value is -4.65. The third-order valence-corrected chi connectivity index (χ3v) is 5.61. The maximum atomic E-state index is 14.2. The Labute approximate surface area is 188 Å². The fourth-order valence-electron chi connectivity index (χ4n) is 3.91. The highest BCUT2D eigenvalue weighted by molar-refractivity contribution is 5.94. The number of hydrogen-bond donors (Lipinski definition) is 1. The van der Waals surface area contributed by atoms with E-state index in [0.717, 1.165) is 33.3 Å². The van der Waals surface area contributed by atoms with E-state index >= 15 is 0 Å². The number of fused-ring (bicyclic) bond motifs is 1. The third kappa shape index (κ3) is 3.45. The molecule has 0 amide bonds. The lowest BCUT2D eigenvalue weighted by molar-refractivity contribution is 0.587. The van der Waals surface area contributed by atoms with Crippen molar-refractivity contribution in [1.82, 2.24) is 30.2 Å². The Morgan fingerprint density at radius 3 is 2.39 bits per heavy atom. The van der Waals surface area contributed by atoms with E-state index < -0.39 is 5.95 Å². The van der Waals surface area contributed by atoms with Crippen LogP contribution in [-0.4, -0.2) is 30.2 Å². The van der Waals surface area contributed by atoms with E-state index in [4.69, 9.17) is 0 Å². The van der Waals surface area contributed by atoms with Gasteiger partial charge in [-0.1, -0.05) is 53.7 Å². The fourth-order valence-corrected chi connectivity index (χ4v) is 3.91. The first-order valence-electron chi connectivity index (χ1n) is 10.4. The SMILES string of the molecule is Fc1ncccc1-c1ccc2[nH]nc(-c3cn(-c4ccc(-c5ccccc5)cc4)nn3)c2c1. The molecule has 1 N–H and O–H groups in total. The van der Waals surface area contributed by atoms with Crippen LogP contribution in [0.3, 0.4) is 0 Å². The average molecular weight is 432 g/mol. The molecular weight excluding hydrogens is 415 g/mol. The van der Waals surface area contributed by atoms with Gasteiger partial charge in [-0.2, -0.15) is 9.49 Å². The summed E-state index contributed by atoms with van der Waals surface area (Å²) in [6.07, 6.45) is 3.27. The van der Waals surface area contributed by atoms with Crippen LogP contribution in [0.4, 0.5) is 4.39 Å². The molecule has 0 saturated heterocycles. The first kappa shape index (κ1) is 19.1. The Morgan fingerprint density at radius 1 is 0.788 bits per heavy atom. The zero-order valence-electron chi connectivity index (χ0n) is 17.4. The maximum absolute atomic E-state index is 14.2. The summed E-state index contributed by atoms with van der Waals surface area (Å²) in [5.74, 6) is -0.508. The van der Waals surface area contributed by atoms with Crippen LogP contribution in [0.25, 0.3) is 50.2 Å². The number of rotatable bonds is 4. The molecule has 3 aromatic carbocycles. The molecule has 0 unspecified atom stereocenters. The molecule has 0 radical (unpaired) electrons. The van der Waals surface area contributed by atoms with Crippen LogP contribution < -0.4 is 0 Å². The molecule has 0 aliphatic carbocycles. The van der Waals surface area contributed by atoms with Crippen molar-refractivity contribution >= 4 is 10.9 Å². The van der Waals surface area contributed by atoms with Crippen LogP contribution in [0.15, 0.2) is 97.3 Å². The number of pyridine rings is 1. The molecule has 0 bridgehead atoms. The van der Waals surface area contributed by atoms with Gasteiger partial charge >= 0.3 is 0 Å². The van der Waals surface area contributed by atoms with E-state index in [2.05, 4.69) is 49.8 Å². The topological polar surface area (TPSA) is 72.3 Å². The molecule has 3 aromatic heterocycles. The Morgan fingerprint density at radius 2 is 1.58 bits per heavy atom. The van der Waals surface area contributed by atoms with Crippen molar-refractivity contribution in [1.29, 1.82) is 0 Å². The van der Waals surface area contributed by atoms with Crippen LogP contribution in [0.5, 0.6) is 0 Å². The largest absolute Gasteiger partial charge is 0.277 e. The number of nitrogens with one attached hydrogen (secondary N) is 1. The molecule has 6 aromatic rings. The van der Waals surface area contributed by atoms with Crippen LogP contribution >= 0.6 is 0 Å². The van der Waals surface area contributed by atoms with Crippen LogP contribution in [0.1, 0.15) is 0 Å². The zero-order valence-corrected chi connectivity index (χ0v) is 17.4. The van der Waals surface area contributed by atoms with Gasteiger partial charge in [0.1, 0.15) is 11.4 Å². The molecule has 0 spiro atoms. The summed E-state index contributed by atoms with van der Waals surface area (Å²) >= 11 is 0. The molecule has 0 aliphatic heterocycles. The standard InChI is InChI=1S/C26H17FN6/c27-26-21(7-4-14-28-26)19-10-13-23-22(15-19)25(31-29-23)24-16-33(32-30-24)20-11-8-18(9-12-20)17-5-2-1-3-6-17/h1-16H,(H,29,31). The van der Waals surface area contributed by atoms with Gasteiger partial charge in [0.05, 0.1) is 17.4 Å². The minimum absolute atomic E-state index is 0.439. The van der Waals surface area contributed by atoms with E-state index in [1.807, 2.05) is 54.7 Å². The normalized spacial score (nSPS) is 11.2. The van der Waals surface area contributed by atoms with E-state index in [9.17, 15) is 4.39 Å². The molecule has 3 heterocycles.